The average Bonchev–Trinajstić information content (AvgIpc) is 2.81. The zero-order valence-corrected chi connectivity index (χ0v) is 18.3. The first-order valence-electron chi connectivity index (χ1n) is 10.5. The van der Waals surface area contributed by atoms with E-state index in [2.05, 4.69) is 5.32 Å². The largest absolute Gasteiger partial charge is 0.497 e. The quantitative estimate of drug-likeness (QED) is 0.563. The molecule has 1 N–H and O–H groups in total. The molecule has 3 aromatic carbocycles. The van der Waals surface area contributed by atoms with Gasteiger partial charge in [0.2, 0.25) is 0 Å². The van der Waals surface area contributed by atoms with E-state index in [4.69, 9.17) is 4.74 Å². The number of nitrogens with zero attached hydrogens (tertiary/aromatic N) is 2. The number of methoxy groups -OCH3 is 1. The third-order valence-corrected chi connectivity index (χ3v) is 5.70. The van der Waals surface area contributed by atoms with E-state index in [0.29, 0.717) is 30.0 Å². The minimum Gasteiger partial charge on any atom is -0.497 e. The highest BCUT2D eigenvalue weighted by Gasteiger charge is 2.30. The average molecular weight is 455 g/mol. The molecule has 4 rings (SSSR count). The van der Waals surface area contributed by atoms with E-state index in [1.54, 1.807) is 24.1 Å². The number of rotatable bonds is 3. The lowest BCUT2D eigenvalue weighted by atomic mass is 10.1. The smallest absolute Gasteiger partial charge is 0.416 e. The fraction of sp³-hybridized carbons (Fsp3) is 0.240. The molecule has 0 atom stereocenters. The fourth-order valence-corrected chi connectivity index (χ4v) is 3.92. The van der Waals surface area contributed by atoms with Gasteiger partial charge in [-0.15, -0.1) is 0 Å². The van der Waals surface area contributed by atoms with E-state index in [0.717, 1.165) is 29.2 Å². The van der Waals surface area contributed by atoms with Gasteiger partial charge in [0.15, 0.2) is 0 Å². The summed E-state index contributed by atoms with van der Waals surface area (Å²) in [7, 11) is 3.49. The Hall–Kier alpha value is -3.68. The molecule has 0 spiro atoms. The van der Waals surface area contributed by atoms with E-state index in [1.807, 2.05) is 42.3 Å². The van der Waals surface area contributed by atoms with Crippen LogP contribution in [-0.2, 0) is 12.7 Å². The van der Waals surface area contributed by atoms with Gasteiger partial charge < -0.3 is 19.9 Å². The van der Waals surface area contributed by atoms with Crippen molar-refractivity contribution < 1.29 is 22.7 Å². The second-order valence-corrected chi connectivity index (χ2v) is 7.81. The summed E-state index contributed by atoms with van der Waals surface area (Å²) < 4.78 is 44.1. The highest BCUT2D eigenvalue weighted by Crippen LogP contribution is 2.36. The Labute approximate surface area is 190 Å². The van der Waals surface area contributed by atoms with E-state index in [1.165, 1.54) is 12.1 Å². The molecule has 0 unspecified atom stereocenters. The molecule has 0 radical (unpaired) electrons. The van der Waals surface area contributed by atoms with Crippen molar-refractivity contribution in [3.63, 3.8) is 0 Å². The zero-order valence-electron chi connectivity index (χ0n) is 18.3. The van der Waals surface area contributed by atoms with Crippen LogP contribution < -0.4 is 15.0 Å². The van der Waals surface area contributed by atoms with E-state index in [9.17, 15) is 18.0 Å². The molecule has 0 bridgehead atoms. The first-order valence-corrected chi connectivity index (χ1v) is 10.5. The van der Waals surface area contributed by atoms with Crippen molar-refractivity contribution in [2.45, 2.75) is 12.7 Å². The number of carbonyl (C=O) groups is 1. The fourth-order valence-electron chi connectivity index (χ4n) is 3.92. The van der Waals surface area contributed by atoms with Crippen molar-refractivity contribution in [2.24, 2.45) is 0 Å². The molecule has 1 aliphatic rings. The number of carbonyl (C=O) groups excluding carboxylic acids is 1. The minimum atomic E-state index is -4.40. The number of fused-ring (bicyclic) bond motifs is 2. The number of amides is 1. The van der Waals surface area contributed by atoms with Crippen molar-refractivity contribution >= 4 is 23.0 Å². The maximum Gasteiger partial charge on any atom is 0.416 e. The van der Waals surface area contributed by atoms with Crippen LogP contribution in [-0.4, -0.2) is 38.1 Å². The molecule has 0 saturated heterocycles. The number of ether oxygens (including phenoxy) is 1. The van der Waals surface area contributed by atoms with Crippen molar-refractivity contribution in [1.29, 1.82) is 0 Å². The molecule has 1 heterocycles. The number of hydrogen-bond donors (Lipinski definition) is 1. The summed E-state index contributed by atoms with van der Waals surface area (Å²) in [5, 5.41) is 3.37. The molecule has 172 valence electrons. The molecule has 0 aromatic heterocycles. The third kappa shape index (κ3) is 4.74. The van der Waals surface area contributed by atoms with Crippen LogP contribution in [0, 0.1) is 0 Å². The molecular formula is C25H24F3N3O2. The minimum absolute atomic E-state index is 0.184. The Morgan fingerprint density at radius 1 is 1.00 bits per heavy atom. The van der Waals surface area contributed by atoms with Crippen LogP contribution in [0.2, 0.25) is 0 Å². The summed E-state index contributed by atoms with van der Waals surface area (Å²) in [6.45, 7) is 1.03. The summed E-state index contributed by atoms with van der Waals surface area (Å²) in [5.74, 6) is 0.522. The van der Waals surface area contributed by atoms with Crippen LogP contribution in [0.3, 0.4) is 0 Å². The maximum absolute atomic E-state index is 13.5. The van der Waals surface area contributed by atoms with Gasteiger partial charge >= 0.3 is 6.18 Å². The molecular weight excluding hydrogens is 431 g/mol. The van der Waals surface area contributed by atoms with Gasteiger partial charge in [-0.1, -0.05) is 24.3 Å². The van der Waals surface area contributed by atoms with Crippen LogP contribution in [0.4, 0.5) is 30.2 Å². The van der Waals surface area contributed by atoms with Crippen molar-refractivity contribution in [3.8, 4) is 5.75 Å². The van der Waals surface area contributed by atoms with Gasteiger partial charge in [-0.25, -0.2) is 0 Å². The summed E-state index contributed by atoms with van der Waals surface area (Å²) in [6, 6.07) is 17.9. The van der Waals surface area contributed by atoms with Crippen LogP contribution in [0.25, 0.3) is 0 Å². The van der Waals surface area contributed by atoms with Gasteiger partial charge in [0.25, 0.3) is 5.91 Å². The molecule has 33 heavy (non-hydrogen) atoms. The summed E-state index contributed by atoms with van der Waals surface area (Å²) in [6.07, 6.45) is -4.40. The SMILES string of the molecule is COc1ccc2c(c1)NCCN(Cc1ccc(C(F)(F)F)cc1)C(=O)c1ccccc1N2C. The highest BCUT2D eigenvalue weighted by atomic mass is 19.4. The third-order valence-electron chi connectivity index (χ3n) is 5.70. The number of para-hydroxylation sites is 1. The lowest BCUT2D eigenvalue weighted by Gasteiger charge is -2.31. The first-order chi connectivity index (χ1) is 15.8. The maximum atomic E-state index is 13.5. The number of nitrogens with one attached hydrogen (secondary N) is 1. The Balaban J connectivity index is 1.69. The van der Waals surface area contributed by atoms with E-state index < -0.39 is 11.7 Å². The van der Waals surface area contributed by atoms with E-state index >= 15 is 0 Å². The standard InChI is InChI=1S/C25H24F3N3O2/c1-30-22-6-4-3-5-20(22)24(32)31(16-17-7-9-18(10-8-17)25(26,27)28)14-13-29-21-15-19(33-2)11-12-23(21)30/h3-12,15,29H,13-14,16H2,1-2H3. The topological polar surface area (TPSA) is 44.8 Å². The lowest BCUT2D eigenvalue weighted by Crippen LogP contribution is -2.36. The number of alkyl halides is 3. The number of anilines is 3. The molecule has 5 nitrogen and oxygen atoms in total. The van der Waals surface area contributed by atoms with Gasteiger partial charge in [-0.3, -0.25) is 4.79 Å². The van der Waals surface area contributed by atoms with Gasteiger partial charge in [0.05, 0.1) is 35.3 Å². The molecule has 0 saturated carbocycles. The van der Waals surface area contributed by atoms with Gasteiger partial charge in [-0.05, 0) is 42.0 Å². The van der Waals surface area contributed by atoms with Crippen LogP contribution in [0.15, 0.2) is 66.7 Å². The van der Waals surface area contributed by atoms with Crippen molar-refractivity contribution in [3.05, 3.63) is 83.4 Å². The summed E-state index contributed by atoms with van der Waals surface area (Å²) in [5.41, 5.74) is 2.92. The molecule has 1 aliphatic heterocycles. The van der Waals surface area contributed by atoms with Gasteiger partial charge in [0.1, 0.15) is 5.75 Å². The van der Waals surface area contributed by atoms with Gasteiger partial charge in [0, 0.05) is 32.7 Å². The molecule has 0 fully saturated rings. The monoisotopic (exact) mass is 455 g/mol. The molecule has 1 amide bonds. The normalized spacial score (nSPS) is 14.3. The first kappa shape index (κ1) is 22.5. The molecule has 0 aliphatic carbocycles. The predicted octanol–water partition coefficient (Wildman–Crippen LogP) is 5.55. The predicted molar refractivity (Wildman–Crippen MR) is 122 cm³/mol. The number of hydrogen-bond acceptors (Lipinski definition) is 4. The highest BCUT2D eigenvalue weighted by molar-refractivity contribution is 6.01. The Morgan fingerprint density at radius 3 is 2.42 bits per heavy atom. The van der Waals surface area contributed by atoms with Crippen LogP contribution in [0.5, 0.6) is 5.75 Å². The molecule has 8 heteroatoms. The number of halogens is 3. The summed E-state index contributed by atoms with van der Waals surface area (Å²) in [4.78, 5) is 17.1. The van der Waals surface area contributed by atoms with Crippen molar-refractivity contribution in [1.82, 2.24) is 4.90 Å². The van der Waals surface area contributed by atoms with Gasteiger partial charge in [-0.2, -0.15) is 13.2 Å². The second-order valence-electron chi connectivity index (χ2n) is 7.81. The Morgan fingerprint density at radius 2 is 1.73 bits per heavy atom. The van der Waals surface area contributed by atoms with Crippen LogP contribution >= 0.6 is 0 Å². The van der Waals surface area contributed by atoms with Crippen molar-refractivity contribution in [2.75, 3.05) is 37.5 Å². The summed E-state index contributed by atoms with van der Waals surface area (Å²) >= 11 is 0. The molecule has 3 aromatic rings. The lowest BCUT2D eigenvalue weighted by molar-refractivity contribution is -0.137. The van der Waals surface area contributed by atoms with Crippen LogP contribution in [0.1, 0.15) is 21.5 Å². The Kier molecular flexibility index (Phi) is 6.18. The number of benzene rings is 3. The van der Waals surface area contributed by atoms with E-state index in [-0.39, 0.29) is 12.5 Å². The zero-order chi connectivity index (χ0) is 23.6. The Bertz CT molecular complexity index is 1150. The second kappa shape index (κ2) is 9.05.